The zero-order chi connectivity index (χ0) is 13.5. The van der Waals surface area contributed by atoms with Crippen LogP contribution in [0, 0.1) is 5.92 Å². The minimum atomic E-state index is 0.0175. The van der Waals surface area contributed by atoms with Gasteiger partial charge in [-0.05, 0) is 30.9 Å². The predicted octanol–water partition coefficient (Wildman–Crippen LogP) is 2.37. The van der Waals surface area contributed by atoms with Gasteiger partial charge in [0.15, 0.2) is 6.23 Å². The number of nitrogens with zero attached hydrogens (tertiary/aromatic N) is 3. The highest BCUT2D eigenvalue weighted by Gasteiger charge is 2.71. The molecule has 7 atom stereocenters. The highest BCUT2D eigenvalue weighted by molar-refractivity contribution is 7.21. The predicted molar refractivity (Wildman–Crippen MR) is 83.7 cm³/mol. The lowest BCUT2D eigenvalue weighted by atomic mass is 9.97. The first-order valence-electron chi connectivity index (χ1n) is 7.13. The average Bonchev–Trinajstić information content (AvgIpc) is 2.80. The molecule has 3 aliphatic rings. The molecule has 1 saturated heterocycles. The molecule has 2 heterocycles. The Kier molecular flexibility index (Phi) is 2.17. The minimum absolute atomic E-state index is 0.0175. The van der Waals surface area contributed by atoms with Gasteiger partial charge < -0.3 is 4.74 Å². The molecular formula is C14H17N3OP2. The Balaban J connectivity index is 1.55. The average molecular weight is 305 g/mol. The summed E-state index contributed by atoms with van der Waals surface area (Å²) in [5, 5.41) is 9.12. The first kappa shape index (κ1) is 12.0. The van der Waals surface area contributed by atoms with Crippen LogP contribution in [0.1, 0.15) is 25.5 Å². The summed E-state index contributed by atoms with van der Waals surface area (Å²) in [6.07, 6.45) is 3.91. The topological polar surface area (TPSA) is 39.9 Å². The Labute approximate surface area is 122 Å². The SMILES string of the molecule is PC12CC1C[C@]1(P)CC(n3nnc4ccccc43)OC21. The molecule has 6 heteroatoms. The number of hydrogen-bond acceptors (Lipinski definition) is 3. The van der Waals surface area contributed by atoms with E-state index in [1.54, 1.807) is 0 Å². The molecule has 2 saturated carbocycles. The smallest absolute Gasteiger partial charge is 0.154 e. The third-order valence-electron chi connectivity index (χ3n) is 5.33. The monoisotopic (exact) mass is 305 g/mol. The second-order valence-corrected chi connectivity index (χ2v) is 8.87. The molecule has 5 rings (SSSR count). The van der Waals surface area contributed by atoms with Crippen molar-refractivity contribution in [2.75, 3.05) is 0 Å². The summed E-state index contributed by atoms with van der Waals surface area (Å²) < 4.78 is 8.38. The van der Waals surface area contributed by atoms with E-state index in [4.69, 9.17) is 4.74 Å². The Bertz CT molecular complexity index is 719. The molecule has 3 fully saturated rings. The first-order valence-corrected chi connectivity index (χ1v) is 8.29. The fraction of sp³-hybridized carbons (Fsp3) is 0.571. The van der Waals surface area contributed by atoms with Crippen LogP contribution in [-0.4, -0.2) is 31.4 Å². The van der Waals surface area contributed by atoms with E-state index in [1.165, 1.54) is 12.8 Å². The van der Waals surface area contributed by atoms with Gasteiger partial charge in [0, 0.05) is 16.7 Å². The van der Waals surface area contributed by atoms with Crippen LogP contribution in [0.4, 0.5) is 0 Å². The van der Waals surface area contributed by atoms with Crippen molar-refractivity contribution in [2.45, 2.75) is 41.9 Å². The fourth-order valence-corrected chi connectivity index (χ4v) is 6.16. The van der Waals surface area contributed by atoms with Crippen molar-refractivity contribution < 1.29 is 4.74 Å². The zero-order valence-electron chi connectivity index (χ0n) is 11.1. The summed E-state index contributed by atoms with van der Waals surface area (Å²) in [6.45, 7) is 0. The largest absolute Gasteiger partial charge is 0.351 e. The van der Waals surface area contributed by atoms with Crippen molar-refractivity contribution >= 4 is 29.5 Å². The van der Waals surface area contributed by atoms with Crippen molar-refractivity contribution in [3.63, 3.8) is 0 Å². The normalized spacial score (nSPS) is 45.6. The van der Waals surface area contributed by atoms with E-state index in [0.717, 1.165) is 23.4 Å². The standard InChI is InChI=1S/C14H17N3OP2/c19-13-5-8-6-14(8,20)12(13)18-11(7-13)17-10-4-2-1-3-9(10)15-16-17/h1-4,8,11-12H,5-7,19-20H2/t8?,11?,12?,13-,14?/m0/s1. The van der Waals surface area contributed by atoms with E-state index in [-0.39, 0.29) is 11.4 Å². The van der Waals surface area contributed by atoms with Crippen LogP contribution in [0.15, 0.2) is 24.3 Å². The summed E-state index contributed by atoms with van der Waals surface area (Å²) in [6, 6.07) is 8.09. The van der Waals surface area contributed by atoms with E-state index in [1.807, 2.05) is 22.9 Å². The summed E-state index contributed by atoms with van der Waals surface area (Å²) in [7, 11) is 6.15. The number of aromatic nitrogens is 3. The Morgan fingerprint density at radius 1 is 1.20 bits per heavy atom. The van der Waals surface area contributed by atoms with Gasteiger partial charge in [0.25, 0.3) is 0 Å². The number of para-hydroxylation sites is 1. The highest BCUT2D eigenvalue weighted by Crippen LogP contribution is 2.72. The van der Waals surface area contributed by atoms with Gasteiger partial charge in [-0.3, -0.25) is 0 Å². The molecule has 6 unspecified atom stereocenters. The zero-order valence-corrected chi connectivity index (χ0v) is 13.4. The van der Waals surface area contributed by atoms with Crippen LogP contribution in [0.2, 0.25) is 0 Å². The number of fused-ring (bicyclic) bond motifs is 4. The lowest BCUT2D eigenvalue weighted by Crippen LogP contribution is -2.34. The molecule has 1 aromatic heterocycles. The number of benzene rings is 1. The molecule has 1 aliphatic heterocycles. The third kappa shape index (κ3) is 1.38. The number of ether oxygens (including phenoxy) is 1. The summed E-state index contributed by atoms with van der Waals surface area (Å²) >= 11 is 0. The lowest BCUT2D eigenvalue weighted by Gasteiger charge is -2.26. The van der Waals surface area contributed by atoms with Crippen LogP contribution >= 0.6 is 18.5 Å². The van der Waals surface area contributed by atoms with Crippen molar-refractivity contribution in [3.05, 3.63) is 24.3 Å². The molecule has 0 amide bonds. The summed E-state index contributed by atoms with van der Waals surface area (Å²) in [5.74, 6) is 0.837. The van der Waals surface area contributed by atoms with Crippen LogP contribution in [-0.2, 0) is 4.74 Å². The molecule has 1 aromatic carbocycles. The summed E-state index contributed by atoms with van der Waals surface area (Å²) in [5.41, 5.74) is 2.01. The molecule has 0 bridgehead atoms. The molecule has 104 valence electrons. The van der Waals surface area contributed by atoms with Gasteiger partial charge >= 0.3 is 0 Å². The van der Waals surface area contributed by atoms with E-state index in [0.29, 0.717) is 11.3 Å². The first-order chi connectivity index (χ1) is 9.60. The Morgan fingerprint density at radius 3 is 2.90 bits per heavy atom. The van der Waals surface area contributed by atoms with Gasteiger partial charge in [-0.1, -0.05) is 17.3 Å². The van der Waals surface area contributed by atoms with Crippen molar-refractivity contribution in [1.29, 1.82) is 0 Å². The fourth-order valence-electron chi connectivity index (χ4n) is 4.28. The van der Waals surface area contributed by atoms with Crippen LogP contribution in [0.25, 0.3) is 11.0 Å². The molecule has 20 heavy (non-hydrogen) atoms. The third-order valence-corrected chi connectivity index (χ3v) is 7.12. The van der Waals surface area contributed by atoms with Crippen molar-refractivity contribution in [2.24, 2.45) is 5.92 Å². The molecule has 0 radical (unpaired) electrons. The van der Waals surface area contributed by atoms with E-state index in [2.05, 4.69) is 34.9 Å². The highest BCUT2D eigenvalue weighted by atomic mass is 31.0. The molecule has 2 aromatic rings. The van der Waals surface area contributed by atoms with E-state index in [9.17, 15) is 0 Å². The van der Waals surface area contributed by atoms with E-state index < -0.39 is 0 Å². The van der Waals surface area contributed by atoms with Gasteiger partial charge in [-0.2, -0.15) is 0 Å². The van der Waals surface area contributed by atoms with Crippen LogP contribution in [0.3, 0.4) is 0 Å². The maximum atomic E-state index is 6.42. The second kappa shape index (κ2) is 3.61. The Hall–Kier alpha value is -0.560. The second-order valence-electron chi connectivity index (χ2n) is 6.65. The maximum absolute atomic E-state index is 6.42. The van der Waals surface area contributed by atoms with Gasteiger partial charge in [0.2, 0.25) is 0 Å². The van der Waals surface area contributed by atoms with Crippen LogP contribution in [0.5, 0.6) is 0 Å². The van der Waals surface area contributed by atoms with Crippen LogP contribution < -0.4 is 0 Å². The lowest BCUT2D eigenvalue weighted by molar-refractivity contribution is -0.00786. The molecule has 4 nitrogen and oxygen atoms in total. The maximum Gasteiger partial charge on any atom is 0.154 e. The van der Waals surface area contributed by atoms with Gasteiger partial charge in [0.1, 0.15) is 5.52 Å². The molecular weight excluding hydrogens is 288 g/mol. The molecule has 0 spiro atoms. The van der Waals surface area contributed by atoms with Crippen molar-refractivity contribution in [1.82, 2.24) is 15.0 Å². The van der Waals surface area contributed by atoms with Gasteiger partial charge in [-0.25, -0.2) is 4.68 Å². The van der Waals surface area contributed by atoms with Gasteiger partial charge in [0.05, 0.1) is 11.6 Å². The Morgan fingerprint density at radius 2 is 2.05 bits per heavy atom. The summed E-state index contributed by atoms with van der Waals surface area (Å²) in [4.78, 5) is 0. The number of hydrogen-bond donors (Lipinski definition) is 0. The minimum Gasteiger partial charge on any atom is -0.351 e. The number of rotatable bonds is 1. The van der Waals surface area contributed by atoms with Gasteiger partial charge in [-0.15, -0.1) is 23.6 Å². The van der Waals surface area contributed by atoms with Crippen molar-refractivity contribution in [3.8, 4) is 0 Å². The quantitative estimate of drug-likeness (QED) is 0.759. The van der Waals surface area contributed by atoms with E-state index >= 15 is 0 Å². The molecule has 2 aliphatic carbocycles. The molecule has 0 N–H and O–H groups in total.